The topological polar surface area (TPSA) is 0 Å². The maximum atomic E-state index is 3.44. The van der Waals surface area contributed by atoms with E-state index in [9.17, 15) is 0 Å². The first-order chi connectivity index (χ1) is 13.9. The fourth-order valence-corrected chi connectivity index (χ4v) is 5.89. The van der Waals surface area contributed by atoms with Gasteiger partial charge in [0.1, 0.15) is 0 Å². The van der Waals surface area contributed by atoms with Crippen LogP contribution in [0.1, 0.15) is 34.6 Å². The molecular weight excluding hydrogens is 438 g/mol. The summed E-state index contributed by atoms with van der Waals surface area (Å²) in [6.07, 6.45) is 3.44. The Balaban J connectivity index is 0.000000345. The minimum absolute atomic E-state index is 0. The summed E-state index contributed by atoms with van der Waals surface area (Å²) in [6.45, 7) is 10.9. The number of hydrogen-bond donors (Lipinski definition) is 0. The average molecular weight is 471 g/mol. The van der Waals surface area contributed by atoms with Crippen molar-refractivity contribution in [3.63, 3.8) is 0 Å². The van der Waals surface area contributed by atoms with Gasteiger partial charge in [-0.15, -0.1) is 6.92 Å². The fraction of sp³-hybridized carbons (Fsp3) is 0.207. The van der Waals surface area contributed by atoms with Crippen LogP contribution >= 0.6 is 7.92 Å². The van der Waals surface area contributed by atoms with Crippen LogP contribution in [0.2, 0.25) is 0 Å². The molecule has 0 nitrogen and oxygen atoms in total. The molecule has 0 spiro atoms. The van der Waals surface area contributed by atoms with Crippen LogP contribution in [-0.4, -0.2) is 0 Å². The predicted octanol–water partition coefficient (Wildman–Crippen LogP) is 7.00. The van der Waals surface area contributed by atoms with Crippen LogP contribution in [0.25, 0.3) is 0 Å². The van der Waals surface area contributed by atoms with E-state index in [0.717, 1.165) is 0 Å². The predicted molar refractivity (Wildman–Crippen MR) is 136 cm³/mol. The molecule has 2 heteroatoms. The molecule has 1 aliphatic carbocycles. The van der Waals surface area contributed by atoms with Gasteiger partial charge in [-0.2, -0.15) is 11.1 Å². The van der Waals surface area contributed by atoms with Crippen molar-refractivity contribution in [3.05, 3.63) is 121 Å². The van der Waals surface area contributed by atoms with Crippen molar-refractivity contribution in [2.45, 2.75) is 34.6 Å². The summed E-state index contributed by atoms with van der Waals surface area (Å²) in [5.74, 6) is 0. The Labute approximate surface area is 201 Å². The van der Waals surface area contributed by atoms with Gasteiger partial charge in [-0.3, -0.25) is 6.08 Å². The standard InChI is InChI=1S/C18H15P.C10H15.CH3.Ni/c1-4-10-16(11-5-1)19(17-12-6-2-7-13-17)18-14-8-3-9-15-18;1-7-6-10(4,5)9(3)8(7)2;;/h1-15H;1-5H3;1H3;/q;2*-1;+2. The summed E-state index contributed by atoms with van der Waals surface area (Å²) < 4.78 is 0. The van der Waals surface area contributed by atoms with Crippen molar-refractivity contribution in [1.82, 2.24) is 0 Å². The third-order valence-electron chi connectivity index (χ3n) is 5.61. The van der Waals surface area contributed by atoms with Gasteiger partial charge in [-0.25, -0.2) is 5.57 Å². The Morgan fingerprint density at radius 3 is 1.13 bits per heavy atom. The first-order valence-electron chi connectivity index (χ1n) is 10.2. The Hall–Kier alpha value is -1.94. The van der Waals surface area contributed by atoms with Crippen molar-refractivity contribution < 1.29 is 16.5 Å². The number of allylic oxidation sites excluding steroid dienone is 4. The van der Waals surface area contributed by atoms with Crippen LogP contribution in [0, 0.1) is 18.9 Å². The van der Waals surface area contributed by atoms with Crippen molar-refractivity contribution in [2.24, 2.45) is 5.41 Å². The van der Waals surface area contributed by atoms with Crippen molar-refractivity contribution in [1.29, 1.82) is 0 Å². The number of hydrogen-bond acceptors (Lipinski definition) is 0. The van der Waals surface area contributed by atoms with E-state index in [1.807, 2.05) is 0 Å². The molecule has 1 aliphatic rings. The van der Waals surface area contributed by atoms with E-state index in [2.05, 4.69) is 132 Å². The van der Waals surface area contributed by atoms with Gasteiger partial charge in [-0.1, -0.05) is 124 Å². The van der Waals surface area contributed by atoms with Crippen molar-refractivity contribution in [3.8, 4) is 0 Å². The molecule has 3 aromatic carbocycles. The van der Waals surface area contributed by atoms with E-state index >= 15 is 0 Å². The summed E-state index contributed by atoms with van der Waals surface area (Å²) in [7, 11) is -0.446. The van der Waals surface area contributed by atoms with Crippen LogP contribution in [0.5, 0.6) is 0 Å². The molecule has 0 atom stereocenters. The second kappa shape index (κ2) is 12.2. The number of rotatable bonds is 3. The quantitative estimate of drug-likeness (QED) is 0.219. The second-order valence-corrected chi connectivity index (χ2v) is 10.2. The van der Waals surface area contributed by atoms with E-state index in [-0.39, 0.29) is 29.3 Å². The van der Waals surface area contributed by atoms with E-state index < -0.39 is 7.92 Å². The first-order valence-corrected chi connectivity index (χ1v) is 11.5. The van der Waals surface area contributed by atoms with Crippen LogP contribution in [0.3, 0.4) is 0 Å². The zero-order chi connectivity index (χ0) is 20.9. The van der Waals surface area contributed by atoms with E-state index in [0.29, 0.717) is 0 Å². The van der Waals surface area contributed by atoms with Crippen molar-refractivity contribution in [2.75, 3.05) is 0 Å². The molecule has 31 heavy (non-hydrogen) atoms. The largest absolute Gasteiger partial charge is 2.00 e. The molecule has 0 N–H and O–H groups in total. The summed E-state index contributed by atoms with van der Waals surface area (Å²) in [5.41, 5.74) is 4.39. The van der Waals surface area contributed by atoms with E-state index in [4.69, 9.17) is 0 Å². The monoisotopic (exact) mass is 470 g/mol. The van der Waals surface area contributed by atoms with Crippen LogP contribution in [-0.2, 0) is 16.5 Å². The summed E-state index contributed by atoms with van der Waals surface area (Å²) in [5, 5.41) is 4.19. The van der Waals surface area contributed by atoms with Crippen LogP contribution < -0.4 is 15.9 Å². The van der Waals surface area contributed by atoms with E-state index in [1.54, 1.807) is 0 Å². The summed E-state index contributed by atoms with van der Waals surface area (Å²) in [4.78, 5) is 0. The summed E-state index contributed by atoms with van der Waals surface area (Å²) >= 11 is 0. The normalized spacial score (nSPS) is 14.1. The van der Waals surface area contributed by atoms with Crippen LogP contribution in [0.15, 0.2) is 108 Å². The third-order valence-corrected chi connectivity index (χ3v) is 8.05. The second-order valence-electron chi connectivity index (χ2n) is 7.97. The molecule has 164 valence electrons. The fourth-order valence-electron chi connectivity index (χ4n) is 3.58. The maximum absolute atomic E-state index is 3.44. The van der Waals surface area contributed by atoms with Gasteiger partial charge in [0.05, 0.1) is 0 Å². The zero-order valence-electron chi connectivity index (χ0n) is 19.4. The molecular formula is C29H33NiP. The van der Waals surface area contributed by atoms with Gasteiger partial charge < -0.3 is 7.43 Å². The molecule has 4 rings (SSSR count). The van der Waals surface area contributed by atoms with E-state index in [1.165, 1.54) is 32.6 Å². The minimum Gasteiger partial charge on any atom is -0.358 e. The van der Waals surface area contributed by atoms with Gasteiger partial charge in [-0.05, 0) is 23.8 Å². The summed E-state index contributed by atoms with van der Waals surface area (Å²) in [6, 6.07) is 32.3. The Morgan fingerprint density at radius 1 is 0.613 bits per heavy atom. The average Bonchev–Trinajstić information content (AvgIpc) is 2.92. The molecule has 0 aromatic heterocycles. The molecule has 3 aromatic rings. The molecule has 0 fully saturated rings. The minimum atomic E-state index is -0.446. The molecule has 0 amide bonds. The SMILES string of the molecule is CC1=[C-]C(C)(C)C(C)=C1C.[CH3-].[Ni+2].c1ccc(P(c2ccccc2)c2ccccc2)cc1. The first kappa shape index (κ1) is 27.1. The Morgan fingerprint density at radius 2 is 0.935 bits per heavy atom. The van der Waals surface area contributed by atoms with Gasteiger partial charge in [0.15, 0.2) is 0 Å². The molecule has 0 heterocycles. The molecule has 0 aliphatic heterocycles. The molecule has 0 bridgehead atoms. The maximum Gasteiger partial charge on any atom is 2.00 e. The smallest absolute Gasteiger partial charge is 0.358 e. The number of benzene rings is 3. The van der Waals surface area contributed by atoms with Gasteiger partial charge in [0.2, 0.25) is 0 Å². The zero-order valence-corrected chi connectivity index (χ0v) is 21.3. The van der Waals surface area contributed by atoms with Gasteiger partial charge in [0, 0.05) is 0 Å². The van der Waals surface area contributed by atoms with Crippen LogP contribution in [0.4, 0.5) is 0 Å². The molecule has 0 unspecified atom stereocenters. The Kier molecular flexibility index (Phi) is 10.7. The molecule has 0 saturated carbocycles. The van der Waals surface area contributed by atoms with Gasteiger partial charge in [0.25, 0.3) is 0 Å². The molecule has 0 radical (unpaired) electrons. The Bertz CT molecular complexity index is 893. The van der Waals surface area contributed by atoms with Gasteiger partial charge >= 0.3 is 16.5 Å². The van der Waals surface area contributed by atoms with Crippen molar-refractivity contribution >= 4 is 23.8 Å². The molecule has 0 saturated heterocycles. The third kappa shape index (κ3) is 6.77.